The van der Waals surface area contributed by atoms with E-state index >= 15 is 0 Å². The number of carbonyl (C=O) groups excluding carboxylic acids is 2. The highest BCUT2D eigenvalue weighted by atomic mass is 32.2. The van der Waals surface area contributed by atoms with Crippen molar-refractivity contribution in [2.45, 2.75) is 42.6 Å². The van der Waals surface area contributed by atoms with Gasteiger partial charge in [0.2, 0.25) is 0 Å². The number of pyridine rings is 2. The van der Waals surface area contributed by atoms with E-state index in [1.807, 2.05) is 66.7 Å². The number of carbonyl (C=O) groups is 2. The highest BCUT2D eigenvalue weighted by Crippen LogP contribution is 2.33. The zero-order valence-electron chi connectivity index (χ0n) is 36.0. The Hall–Kier alpha value is -7.57. The minimum atomic E-state index is -4.26. The van der Waals surface area contributed by atoms with Crippen LogP contribution >= 0.6 is 0 Å². The van der Waals surface area contributed by atoms with Crippen LogP contribution in [0.3, 0.4) is 0 Å². The van der Waals surface area contributed by atoms with Gasteiger partial charge in [0.1, 0.15) is 40.5 Å². The Morgan fingerprint density at radius 3 is 1.66 bits per heavy atom. The van der Waals surface area contributed by atoms with E-state index in [4.69, 9.17) is 4.52 Å². The van der Waals surface area contributed by atoms with Gasteiger partial charge in [0, 0.05) is 74.4 Å². The second kappa shape index (κ2) is 19.7. The molecule has 346 valence electrons. The van der Waals surface area contributed by atoms with Crippen LogP contribution in [0.15, 0.2) is 161 Å². The van der Waals surface area contributed by atoms with Crippen molar-refractivity contribution in [2.24, 2.45) is 0 Å². The van der Waals surface area contributed by atoms with Crippen LogP contribution in [0.2, 0.25) is 0 Å². The van der Waals surface area contributed by atoms with Crippen LogP contribution in [0, 0.1) is 30.2 Å². The smallest absolute Gasteiger partial charge is 0.187 e. The van der Waals surface area contributed by atoms with E-state index in [9.17, 15) is 44.0 Å². The number of fused-ring (bicyclic) bond motifs is 2. The van der Waals surface area contributed by atoms with E-state index in [-0.39, 0.29) is 57.5 Å². The van der Waals surface area contributed by atoms with Gasteiger partial charge in [-0.05, 0) is 71.6 Å². The van der Waals surface area contributed by atoms with Crippen molar-refractivity contribution in [3.05, 3.63) is 198 Å². The number of Topliss-reactive ketones (excluding diaryl/α,β-unsaturated/α-hetero) is 2. The van der Waals surface area contributed by atoms with E-state index < -0.39 is 66.0 Å². The first kappa shape index (κ1) is 46.9. The predicted octanol–water partition coefficient (Wildman–Crippen LogP) is 8.86. The molecule has 0 aliphatic heterocycles. The van der Waals surface area contributed by atoms with Crippen LogP contribution in [0.5, 0.6) is 0 Å². The van der Waals surface area contributed by atoms with Crippen LogP contribution in [0.25, 0.3) is 32.9 Å². The topological polar surface area (TPSA) is 164 Å². The number of hydrogen-bond acceptors (Lipinski definition) is 10. The zero-order valence-corrected chi connectivity index (χ0v) is 37.7. The van der Waals surface area contributed by atoms with Crippen LogP contribution in [0.4, 0.5) is 17.6 Å². The molecular weight excluding hydrogens is 923 g/mol. The van der Waals surface area contributed by atoms with Crippen molar-refractivity contribution >= 4 is 53.0 Å². The molecule has 0 amide bonds. The van der Waals surface area contributed by atoms with Crippen molar-refractivity contribution in [1.29, 1.82) is 0 Å². The van der Waals surface area contributed by atoms with Gasteiger partial charge in [0.15, 0.2) is 31.2 Å². The molecule has 4 aromatic carbocycles. The Morgan fingerprint density at radius 2 is 1.12 bits per heavy atom. The summed E-state index contributed by atoms with van der Waals surface area (Å²) in [7, 11) is -8.43. The van der Waals surface area contributed by atoms with Crippen LogP contribution in [-0.4, -0.2) is 64.2 Å². The molecule has 9 rings (SSSR count). The summed E-state index contributed by atoms with van der Waals surface area (Å²) in [5.74, 6) is -6.01. The second-order valence-corrected chi connectivity index (χ2v) is 19.8. The molecule has 0 saturated carbocycles. The lowest BCUT2D eigenvalue weighted by Crippen LogP contribution is -2.18. The molecule has 0 radical (unpaired) electrons. The SMILES string of the molecule is Cc1cc(CC(=O)CS(=O)(=O)c2cn(Cc3cccc(-c4ccncc4)c3)c3cc(F)cc(F)c23)no1.O=C(Cc1ccccn1)CS(=O)(=O)c1cn(Cc2ccccc2)c2cc(F)cc(F)c12. The number of benzene rings is 4. The average molecular weight is 962 g/mol. The first-order valence-electron chi connectivity index (χ1n) is 20.8. The van der Waals surface area contributed by atoms with E-state index in [0.29, 0.717) is 29.3 Å². The van der Waals surface area contributed by atoms with Gasteiger partial charge < -0.3 is 13.7 Å². The molecule has 9 aromatic rings. The van der Waals surface area contributed by atoms with Gasteiger partial charge in [0.05, 0.1) is 43.7 Å². The summed E-state index contributed by atoms with van der Waals surface area (Å²) < 4.78 is 118. The van der Waals surface area contributed by atoms with Crippen LogP contribution in [0.1, 0.15) is 28.3 Å². The van der Waals surface area contributed by atoms with Gasteiger partial charge in [-0.25, -0.2) is 34.4 Å². The van der Waals surface area contributed by atoms with Crippen LogP contribution < -0.4 is 0 Å². The number of halogens is 4. The van der Waals surface area contributed by atoms with Crippen molar-refractivity contribution in [2.75, 3.05) is 11.5 Å². The van der Waals surface area contributed by atoms with Gasteiger partial charge in [-0.1, -0.05) is 59.8 Å². The molecule has 68 heavy (non-hydrogen) atoms. The summed E-state index contributed by atoms with van der Waals surface area (Å²) >= 11 is 0. The molecule has 5 aromatic heterocycles. The fourth-order valence-corrected chi connectivity index (χ4v) is 10.8. The van der Waals surface area contributed by atoms with Gasteiger partial charge >= 0.3 is 0 Å². The maximum atomic E-state index is 14.9. The quantitative estimate of drug-likeness (QED) is 0.0907. The fraction of sp³-hybridized carbons (Fsp3) is 0.140. The maximum absolute atomic E-state index is 14.9. The fourth-order valence-electron chi connectivity index (χ4n) is 7.81. The number of rotatable bonds is 15. The number of ketones is 2. The highest BCUT2D eigenvalue weighted by Gasteiger charge is 2.29. The molecule has 0 spiro atoms. The van der Waals surface area contributed by atoms with E-state index in [1.165, 1.54) is 27.7 Å². The third kappa shape index (κ3) is 10.8. The Bertz CT molecular complexity index is 3550. The first-order chi connectivity index (χ1) is 32.5. The minimum absolute atomic E-state index is 0.0740. The van der Waals surface area contributed by atoms with Gasteiger partial charge in [-0.2, -0.15) is 0 Å². The summed E-state index contributed by atoms with van der Waals surface area (Å²) in [5, 5.41) is 3.24. The predicted molar refractivity (Wildman–Crippen MR) is 245 cm³/mol. The molecule has 12 nitrogen and oxygen atoms in total. The van der Waals surface area contributed by atoms with Crippen LogP contribution in [-0.2, 0) is 55.2 Å². The van der Waals surface area contributed by atoms with Crippen molar-refractivity contribution in [3.8, 4) is 11.1 Å². The third-order valence-electron chi connectivity index (χ3n) is 10.7. The summed E-state index contributed by atoms with van der Waals surface area (Å²) in [6, 6.07) is 30.4. The number of aryl methyl sites for hydroxylation is 1. The lowest BCUT2D eigenvalue weighted by Gasteiger charge is -2.08. The lowest BCUT2D eigenvalue weighted by molar-refractivity contribution is -0.117. The van der Waals surface area contributed by atoms with E-state index in [1.54, 1.807) is 43.6 Å². The molecule has 5 heterocycles. The number of aromatic nitrogens is 5. The summed E-state index contributed by atoms with van der Waals surface area (Å²) in [6.45, 7) is 2.03. The summed E-state index contributed by atoms with van der Waals surface area (Å²) in [6.07, 6.45) is 7.00. The molecular formula is C50H39F4N5O7S2. The molecule has 18 heteroatoms. The maximum Gasteiger partial charge on any atom is 0.187 e. The van der Waals surface area contributed by atoms with Crippen molar-refractivity contribution in [3.63, 3.8) is 0 Å². The lowest BCUT2D eigenvalue weighted by atomic mass is 10.0. The molecule has 0 unspecified atom stereocenters. The van der Waals surface area contributed by atoms with Gasteiger partial charge in [-0.3, -0.25) is 19.6 Å². The normalized spacial score (nSPS) is 11.7. The van der Waals surface area contributed by atoms with Gasteiger partial charge in [-0.15, -0.1) is 0 Å². The third-order valence-corrected chi connectivity index (χ3v) is 14.1. The van der Waals surface area contributed by atoms with E-state index in [0.717, 1.165) is 34.4 Å². The standard InChI is InChI=1S/C27H21F2N3O4S.C23H18F2N2O3S/c1-17-9-22(31-36-17)13-23(33)16-37(34,35)26-15-32(25-12-21(28)11-24(29)27(25)26)14-18-3-2-4-20(10-18)19-5-7-30-8-6-19;24-17-10-20(25)23-21(11-17)27(13-16-6-2-1-3-7-16)14-22(23)31(29,30)15-19(28)12-18-8-4-5-9-26-18/h2-12,15H,13-14,16H2,1H3;1-11,14H,12-13,15H2. The number of sulfone groups is 2. The number of hydrogen-bond donors (Lipinski definition) is 0. The highest BCUT2D eigenvalue weighted by molar-refractivity contribution is 7.92. The molecule has 0 aliphatic carbocycles. The molecule has 0 fully saturated rings. The molecule has 0 N–H and O–H groups in total. The number of nitrogens with zero attached hydrogens (tertiary/aromatic N) is 5. The van der Waals surface area contributed by atoms with E-state index in [2.05, 4.69) is 15.1 Å². The second-order valence-electron chi connectivity index (χ2n) is 15.9. The monoisotopic (exact) mass is 961 g/mol. The Kier molecular flexibility index (Phi) is 13.6. The molecule has 0 aliphatic rings. The largest absolute Gasteiger partial charge is 0.361 e. The summed E-state index contributed by atoms with van der Waals surface area (Å²) in [5.41, 5.74) is 4.41. The molecule has 0 saturated heterocycles. The Labute approximate surface area is 387 Å². The summed E-state index contributed by atoms with van der Waals surface area (Å²) in [4.78, 5) is 32.3. The van der Waals surface area contributed by atoms with Gasteiger partial charge in [0.25, 0.3) is 0 Å². The Morgan fingerprint density at radius 1 is 0.574 bits per heavy atom. The first-order valence-corrected chi connectivity index (χ1v) is 24.1. The molecule has 0 atom stereocenters. The Balaban J connectivity index is 0.000000187. The minimum Gasteiger partial charge on any atom is -0.361 e. The zero-order chi connectivity index (χ0) is 48.2. The molecule has 0 bridgehead atoms. The van der Waals surface area contributed by atoms with Crippen molar-refractivity contribution in [1.82, 2.24) is 24.3 Å². The average Bonchev–Trinajstić information content (AvgIpc) is 4.00. The van der Waals surface area contributed by atoms with Crippen molar-refractivity contribution < 1.29 is 48.5 Å².